The number of nitrogens with zero attached hydrogens (tertiary/aromatic N) is 2. The molecule has 0 saturated carbocycles. The predicted molar refractivity (Wildman–Crippen MR) is 121 cm³/mol. The molecule has 0 spiro atoms. The number of carbonyl (C=O) groups is 2. The molecule has 1 aliphatic heterocycles. The highest BCUT2D eigenvalue weighted by Gasteiger charge is 2.46. The molecule has 1 N–H and O–H groups in total. The summed E-state index contributed by atoms with van der Waals surface area (Å²) in [5, 5.41) is 11.1. The molecule has 1 saturated heterocycles. The Balaban J connectivity index is 2.11. The van der Waals surface area contributed by atoms with Crippen LogP contribution in [0.5, 0.6) is 5.75 Å². The van der Waals surface area contributed by atoms with Gasteiger partial charge in [0.15, 0.2) is 0 Å². The van der Waals surface area contributed by atoms with Crippen LogP contribution in [0, 0.1) is 6.92 Å². The van der Waals surface area contributed by atoms with Gasteiger partial charge in [0.1, 0.15) is 11.5 Å². The molecular formula is C25H30N2O4. The molecule has 0 bridgehead atoms. The minimum atomic E-state index is -0.675. The van der Waals surface area contributed by atoms with E-state index in [0.717, 1.165) is 17.5 Å². The lowest BCUT2D eigenvalue weighted by molar-refractivity contribution is -0.140. The van der Waals surface area contributed by atoms with Crippen LogP contribution in [0.2, 0.25) is 0 Å². The predicted octanol–water partition coefficient (Wildman–Crippen LogP) is 3.77. The Morgan fingerprint density at radius 2 is 1.84 bits per heavy atom. The van der Waals surface area contributed by atoms with Gasteiger partial charge in [0.25, 0.3) is 11.7 Å². The molecule has 0 aliphatic carbocycles. The van der Waals surface area contributed by atoms with E-state index in [4.69, 9.17) is 4.74 Å². The van der Waals surface area contributed by atoms with E-state index in [1.54, 1.807) is 17.0 Å². The van der Waals surface area contributed by atoms with E-state index >= 15 is 0 Å². The van der Waals surface area contributed by atoms with Gasteiger partial charge in [0.05, 0.1) is 18.2 Å². The summed E-state index contributed by atoms with van der Waals surface area (Å²) >= 11 is 0. The first kappa shape index (κ1) is 22.6. The number of hydrogen-bond donors (Lipinski definition) is 1. The van der Waals surface area contributed by atoms with Gasteiger partial charge in [-0.15, -0.1) is 0 Å². The fraction of sp³-hybridized carbons (Fsp3) is 0.360. The highest BCUT2D eigenvalue weighted by atomic mass is 16.5. The maximum Gasteiger partial charge on any atom is 0.295 e. The molecule has 1 unspecified atom stereocenters. The van der Waals surface area contributed by atoms with Gasteiger partial charge in [0, 0.05) is 18.7 Å². The van der Waals surface area contributed by atoms with Crippen LogP contribution in [0.25, 0.3) is 5.76 Å². The Bertz CT molecular complexity index is 979. The SMILES string of the molecule is CCCOc1cccc(C2/C(=C(/O)c3ccc(C)cc3)C(=O)C(=O)N2CCN(C)C)c1. The fourth-order valence-corrected chi connectivity index (χ4v) is 3.63. The van der Waals surface area contributed by atoms with Gasteiger partial charge >= 0.3 is 0 Å². The number of Topliss-reactive ketones (excluding diaryl/α,β-unsaturated/α-hetero) is 1. The number of ether oxygens (including phenoxy) is 1. The number of likely N-dealkylation sites (tertiary alicyclic amines) is 1. The maximum atomic E-state index is 13.0. The fourth-order valence-electron chi connectivity index (χ4n) is 3.63. The maximum absolute atomic E-state index is 13.0. The molecule has 31 heavy (non-hydrogen) atoms. The van der Waals surface area contributed by atoms with E-state index in [-0.39, 0.29) is 11.3 Å². The standard InChI is InChI=1S/C25H30N2O4/c1-5-15-31-20-8-6-7-19(16-20)22-21(23(28)18-11-9-17(2)10-12-18)24(29)25(30)27(22)14-13-26(3)4/h6-12,16,22,28H,5,13-15H2,1-4H3/b23-21-. The van der Waals surface area contributed by atoms with Gasteiger partial charge in [-0.05, 0) is 45.1 Å². The minimum Gasteiger partial charge on any atom is -0.507 e. The number of aliphatic hydroxyl groups excluding tert-OH is 1. The topological polar surface area (TPSA) is 70.1 Å². The third-order valence-electron chi connectivity index (χ3n) is 5.30. The number of aliphatic hydroxyl groups is 1. The van der Waals surface area contributed by atoms with Gasteiger partial charge in [-0.3, -0.25) is 9.59 Å². The molecular weight excluding hydrogens is 392 g/mol. The first-order valence-electron chi connectivity index (χ1n) is 10.6. The molecule has 6 nitrogen and oxygen atoms in total. The number of aryl methyl sites for hydroxylation is 1. The third kappa shape index (κ3) is 4.97. The molecule has 164 valence electrons. The zero-order valence-electron chi connectivity index (χ0n) is 18.6. The molecule has 1 fully saturated rings. The second-order valence-corrected chi connectivity index (χ2v) is 8.08. The lowest BCUT2D eigenvalue weighted by atomic mass is 9.95. The van der Waals surface area contributed by atoms with Crippen LogP contribution in [0.15, 0.2) is 54.1 Å². The quantitative estimate of drug-likeness (QED) is 0.398. The van der Waals surface area contributed by atoms with Gasteiger partial charge in [-0.25, -0.2) is 0 Å². The minimum absolute atomic E-state index is 0.111. The van der Waals surface area contributed by atoms with Crippen LogP contribution in [-0.2, 0) is 9.59 Å². The zero-order valence-corrected chi connectivity index (χ0v) is 18.6. The summed E-state index contributed by atoms with van der Waals surface area (Å²) in [5.41, 5.74) is 2.40. The summed E-state index contributed by atoms with van der Waals surface area (Å²) in [4.78, 5) is 29.5. The summed E-state index contributed by atoms with van der Waals surface area (Å²) in [6.45, 7) is 5.52. The first-order valence-corrected chi connectivity index (χ1v) is 10.6. The summed E-state index contributed by atoms with van der Waals surface area (Å²) in [7, 11) is 3.83. The van der Waals surface area contributed by atoms with Crippen LogP contribution in [0.4, 0.5) is 0 Å². The van der Waals surface area contributed by atoms with Crippen LogP contribution in [0.1, 0.15) is 36.1 Å². The number of likely N-dealkylation sites (N-methyl/N-ethyl adjacent to an activating group) is 1. The molecule has 0 radical (unpaired) electrons. The van der Waals surface area contributed by atoms with Crippen molar-refractivity contribution in [1.29, 1.82) is 0 Å². The smallest absolute Gasteiger partial charge is 0.295 e. The van der Waals surface area contributed by atoms with Crippen molar-refractivity contribution < 1.29 is 19.4 Å². The highest BCUT2D eigenvalue weighted by molar-refractivity contribution is 6.46. The van der Waals surface area contributed by atoms with Crippen molar-refractivity contribution in [3.05, 3.63) is 70.8 Å². The molecule has 1 amide bonds. The van der Waals surface area contributed by atoms with E-state index in [2.05, 4.69) is 0 Å². The molecule has 1 atom stereocenters. The van der Waals surface area contributed by atoms with Crippen molar-refractivity contribution in [2.45, 2.75) is 26.3 Å². The Labute approximate surface area is 183 Å². The lowest BCUT2D eigenvalue weighted by Crippen LogP contribution is -2.35. The van der Waals surface area contributed by atoms with Gasteiger partial charge in [-0.1, -0.05) is 48.9 Å². The first-order chi connectivity index (χ1) is 14.8. The molecule has 2 aromatic rings. The number of hydrogen-bond acceptors (Lipinski definition) is 5. The van der Waals surface area contributed by atoms with Crippen molar-refractivity contribution in [3.8, 4) is 5.75 Å². The van der Waals surface area contributed by atoms with E-state index in [9.17, 15) is 14.7 Å². The summed E-state index contributed by atoms with van der Waals surface area (Å²) in [5.74, 6) is -0.745. The Hall–Kier alpha value is -3.12. The molecule has 0 aromatic heterocycles. The number of benzene rings is 2. The van der Waals surface area contributed by atoms with Gasteiger partial charge < -0.3 is 19.6 Å². The van der Waals surface area contributed by atoms with Crippen LogP contribution in [-0.4, -0.2) is 60.4 Å². The summed E-state index contributed by atoms with van der Waals surface area (Å²) in [6, 6.07) is 14.0. The van der Waals surface area contributed by atoms with Crippen LogP contribution in [0.3, 0.4) is 0 Å². The van der Waals surface area contributed by atoms with Crippen LogP contribution >= 0.6 is 0 Å². The van der Waals surface area contributed by atoms with Gasteiger partial charge in [-0.2, -0.15) is 0 Å². The van der Waals surface area contributed by atoms with Crippen molar-refractivity contribution in [1.82, 2.24) is 9.80 Å². The van der Waals surface area contributed by atoms with Gasteiger partial charge in [0.2, 0.25) is 0 Å². The molecule has 2 aromatic carbocycles. The number of amides is 1. The van der Waals surface area contributed by atoms with Crippen molar-refractivity contribution >= 4 is 17.4 Å². The second-order valence-electron chi connectivity index (χ2n) is 8.08. The molecule has 1 heterocycles. The van der Waals surface area contributed by atoms with E-state index in [1.165, 1.54) is 0 Å². The van der Waals surface area contributed by atoms with Crippen molar-refractivity contribution in [2.24, 2.45) is 0 Å². The highest BCUT2D eigenvalue weighted by Crippen LogP contribution is 2.40. The molecule has 3 rings (SSSR count). The average molecular weight is 423 g/mol. The van der Waals surface area contributed by atoms with Crippen molar-refractivity contribution in [2.75, 3.05) is 33.8 Å². The Morgan fingerprint density at radius 3 is 2.48 bits per heavy atom. The Kier molecular flexibility index (Phi) is 7.13. The number of rotatable bonds is 8. The molecule has 1 aliphatic rings. The van der Waals surface area contributed by atoms with Crippen molar-refractivity contribution in [3.63, 3.8) is 0 Å². The summed E-state index contributed by atoms with van der Waals surface area (Å²) in [6.07, 6.45) is 0.874. The average Bonchev–Trinajstić information content (AvgIpc) is 3.01. The van der Waals surface area contributed by atoms with E-state index in [0.29, 0.717) is 31.0 Å². The Morgan fingerprint density at radius 1 is 1.13 bits per heavy atom. The second kappa shape index (κ2) is 9.79. The summed E-state index contributed by atoms with van der Waals surface area (Å²) < 4.78 is 5.76. The van der Waals surface area contributed by atoms with Crippen LogP contribution < -0.4 is 4.74 Å². The third-order valence-corrected chi connectivity index (χ3v) is 5.30. The van der Waals surface area contributed by atoms with E-state index in [1.807, 2.05) is 69.2 Å². The normalized spacial score (nSPS) is 18.1. The number of ketones is 1. The monoisotopic (exact) mass is 422 g/mol. The number of carbonyl (C=O) groups excluding carboxylic acids is 2. The largest absolute Gasteiger partial charge is 0.507 e. The zero-order chi connectivity index (χ0) is 22.5. The van der Waals surface area contributed by atoms with E-state index < -0.39 is 17.7 Å². The lowest BCUT2D eigenvalue weighted by Gasteiger charge is -2.27. The molecule has 6 heteroatoms.